The van der Waals surface area contributed by atoms with Crippen LogP contribution in [0.4, 0.5) is 0 Å². The van der Waals surface area contributed by atoms with Gasteiger partial charge in [0.05, 0.1) is 0 Å². The minimum Gasteiger partial charge on any atom is -0.327 e. The zero-order chi connectivity index (χ0) is 8.20. The Balaban J connectivity index is 3.47. The number of hydrogen-bond acceptors (Lipinski definition) is 2. The zero-order valence-electron chi connectivity index (χ0n) is 7.57. The summed E-state index contributed by atoms with van der Waals surface area (Å²) in [6.45, 7) is 7.55. The molecule has 0 aromatic rings. The van der Waals surface area contributed by atoms with Crippen molar-refractivity contribution >= 4 is 0 Å². The van der Waals surface area contributed by atoms with Crippen molar-refractivity contribution in [2.45, 2.75) is 33.2 Å². The van der Waals surface area contributed by atoms with Gasteiger partial charge in [0.25, 0.3) is 0 Å². The summed E-state index contributed by atoms with van der Waals surface area (Å²) >= 11 is 0. The maximum absolute atomic E-state index is 5.81. The van der Waals surface area contributed by atoms with Crippen molar-refractivity contribution in [1.82, 2.24) is 5.32 Å². The molecule has 0 saturated heterocycles. The molecule has 0 rings (SSSR count). The number of nitrogens with two attached hydrogens (primary N) is 1. The van der Waals surface area contributed by atoms with E-state index in [1.807, 2.05) is 7.05 Å². The smallest absolute Gasteiger partial charge is 0.0170 e. The monoisotopic (exact) mass is 144 g/mol. The van der Waals surface area contributed by atoms with Gasteiger partial charge in [-0.1, -0.05) is 20.8 Å². The summed E-state index contributed by atoms with van der Waals surface area (Å²) in [6.07, 6.45) is 1.08. The fourth-order valence-electron chi connectivity index (χ4n) is 1.12. The summed E-state index contributed by atoms with van der Waals surface area (Å²) < 4.78 is 0. The highest BCUT2D eigenvalue weighted by Crippen LogP contribution is 2.19. The van der Waals surface area contributed by atoms with Gasteiger partial charge in [-0.15, -0.1) is 0 Å². The maximum atomic E-state index is 5.81. The third kappa shape index (κ3) is 6.05. The minimum atomic E-state index is 0.296. The van der Waals surface area contributed by atoms with Crippen LogP contribution in [0.5, 0.6) is 0 Å². The molecule has 10 heavy (non-hydrogen) atoms. The van der Waals surface area contributed by atoms with Crippen LogP contribution in [0.3, 0.4) is 0 Å². The van der Waals surface area contributed by atoms with Crippen molar-refractivity contribution in [2.75, 3.05) is 13.6 Å². The second-order valence-corrected chi connectivity index (χ2v) is 4.08. The van der Waals surface area contributed by atoms with Gasteiger partial charge in [-0.25, -0.2) is 0 Å². The number of nitrogens with one attached hydrogen (secondary N) is 1. The predicted octanol–water partition coefficient (Wildman–Crippen LogP) is 0.969. The molecule has 0 aromatic heterocycles. The Morgan fingerprint density at radius 3 is 2.20 bits per heavy atom. The van der Waals surface area contributed by atoms with Crippen molar-refractivity contribution in [1.29, 1.82) is 0 Å². The maximum Gasteiger partial charge on any atom is 0.0170 e. The molecule has 0 saturated carbocycles. The van der Waals surface area contributed by atoms with Gasteiger partial charge in [0.1, 0.15) is 0 Å². The van der Waals surface area contributed by atoms with Gasteiger partial charge in [0.15, 0.2) is 0 Å². The van der Waals surface area contributed by atoms with Gasteiger partial charge in [-0.2, -0.15) is 0 Å². The molecular weight excluding hydrogens is 124 g/mol. The summed E-state index contributed by atoms with van der Waals surface area (Å²) in [5, 5.41) is 3.07. The molecule has 0 fully saturated rings. The number of rotatable bonds is 3. The van der Waals surface area contributed by atoms with Crippen molar-refractivity contribution in [3.8, 4) is 0 Å². The Bertz CT molecular complexity index is 83.7. The van der Waals surface area contributed by atoms with Crippen molar-refractivity contribution < 1.29 is 0 Å². The van der Waals surface area contributed by atoms with Gasteiger partial charge in [0, 0.05) is 12.6 Å². The number of hydrogen-bond donors (Lipinski definition) is 2. The standard InChI is InChI=1S/C8H20N2/c1-8(2,3)5-7(9)6-10-4/h7,10H,5-6,9H2,1-4H3/t7-/m0/s1. The average Bonchev–Trinajstić information content (AvgIpc) is 1.59. The lowest BCUT2D eigenvalue weighted by Crippen LogP contribution is -2.35. The molecule has 0 aliphatic heterocycles. The van der Waals surface area contributed by atoms with Crippen LogP contribution in [0.15, 0.2) is 0 Å². The van der Waals surface area contributed by atoms with Crippen LogP contribution in [0.25, 0.3) is 0 Å². The van der Waals surface area contributed by atoms with E-state index in [2.05, 4.69) is 26.1 Å². The Hall–Kier alpha value is -0.0800. The highest BCUT2D eigenvalue weighted by molar-refractivity contribution is 4.72. The molecule has 2 nitrogen and oxygen atoms in total. The Labute approximate surface area is 64.2 Å². The van der Waals surface area contributed by atoms with Crippen molar-refractivity contribution in [3.63, 3.8) is 0 Å². The first-order chi connectivity index (χ1) is 4.45. The van der Waals surface area contributed by atoms with Gasteiger partial charge < -0.3 is 11.1 Å². The largest absolute Gasteiger partial charge is 0.327 e. The van der Waals surface area contributed by atoms with E-state index in [0.29, 0.717) is 11.5 Å². The van der Waals surface area contributed by atoms with Crippen LogP contribution in [0.2, 0.25) is 0 Å². The van der Waals surface area contributed by atoms with E-state index in [-0.39, 0.29) is 0 Å². The molecule has 0 heterocycles. The average molecular weight is 144 g/mol. The summed E-state index contributed by atoms with van der Waals surface area (Å²) in [6, 6.07) is 0.296. The molecule has 0 aliphatic rings. The third-order valence-electron chi connectivity index (χ3n) is 1.34. The highest BCUT2D eigenvalue weighted by Gasteiger charge is 2.14. The normalized spacial score (nSPS) is 15.3. The van der Waals surface area contributed by atoms with Gasteiger partial charge in [0.2, 0.25) is 0 Å². The Morgan fingerprint density at radius 1 is 1.40 bits per heavy atom. The minimum absolute atomic E-state index is 0.296. The van der Waals surface area contributed by atoms with E-state index in [0.717, 1.165) is 13.0 Å². The van der Waals surface area contributed by atoms with Gasteiger partial charge >= 0.3 is 0 Å². The number of likely N-dealkylation sites (N-methyl/N-ethyl adjacent to an activating group) is 1. The quantitative estimate of drug-likeness (QED) is 0.619. The summed E-state index contributed by atoms with van der Waals surface area (Å²) in [7, 11) is 1.93. The van der Waals surface area contributed by atoms with Gasteiger partial charge in [-0.3, -0.25) is 0 Å². The topological polar surface area (TPSA) is 38.0 Å². The van der Waals surface area contributed by atoms with Crippen molar-refractivity contribution in [2.24, 2.45) is 11.1 Å². The fourth-order valence-corrected chi connectivity index (χ4v) is 1.12. The molecule has 0 aromatic carbocycles. The molecule has 0 radical (unpaired) electrons. The molecule has 0 aliphatic carbocycles. The molecule has 1 atom stereocenters. The molecule has 2 heteroatoms. The molecule has 3 N–H and O–H groups in total. The second kappa shape index (κ2) is 3.94. The van der Waals surface area contributed by atoms with Gasteiger partial charge in [-0.05, 0) is 18.9 Å². The van der Waals surface area contributed by atoms with Crippen LogP contribution in [-0.4, -0.2) is 19.6 Å². The summed E-state index contributed by atoms with van der Waals surface area (Å²) in [5.74, 6) is 0. The molecular formula is C8H20N2. The summed E-state index contributed by atoms with van der Waals surface area (Å²) in [5.41, 5.74) is 6.17. The van der Waals surface area contributed by atoms with Crippen LogP contribution in [0.1, 0.15) is 27.2 Å². The molecule has 0 spiro atoms. The zero-order valence-corrected chi connectivity index (χ0v) is 7.57. The highest BCUT2D eigenvalue weighted by atomic mass is 14.9. The molecule has 62 valence electrons. The fraction of sp³-hybridized carbons (Fsp3) is 1.00. The Kier molecular flexibility index (Phi) is 3.91. The molecule has 0 bridgehead atoms. The van der Waals surface area contributed by atoms with Crippen molar-refractivity contribution in [3.05, 3.63) is 0 Å². The molecule has 0 unspecified atom stereocenters. The summed E-state index contributed by atoms with van der Waals surface area (Å²) in [4.78, 5) is 0. The lowest BCUT2D eigenvalue weighted by atomic mass is 9.88. The first-order valence-electron chi connectivity index (χ1n) is 3.86. The third-order valence-corrected chi connectivity index (χ3v) is 1.34. The van der Waals surface area contributed by atoms with E-state index >= 15 is 0 Å². The second-order valence-electron chi connectivity index (χ2n) is 4.08. The van der Waals surface area contributed by atoms with E-state index in [1.54, 1.807) is 0 Å². The van der Waals surface area contributed by atoms with Crippen LogP contribution in [0, 0.1) is 5.41 Å². The van der Waals surface area contributed by atoms with Crippen LogP contribution in [-0.2, 0) is 0 Å². The lowest BCUT2D eigenvalue weighted by Gasteiger charge is -2.22. The van der Waals surface area contributed by atoms with Crippen LogP contribution < -0.4 is 11.1 Å². The van der Waals surface area contributed by atoms with E-state index < -0.39 is 0 Å². The van der Waals surface area contributed by atoms with Crippen LogP contribution >= 0.6 is 0 Å². The SMILES string of the molecule is CNC[C@@H](N)CC(C)(C)C. The lowest BCUT2D eigenvalue weighted by molar-refractivity contribution is 0.336. The first kappa shape index (κ1) is 9.92. The first-order valence-corrected chi connectivity index (χ1v) is 3.86. The predicted molar refractivity (Wildman–Crippen MR) is 46.0 cm³/mol. The van der Waals surface area contributed by atoms with E-state index in [4.69, 9.17) is 5.73 Å². The van der Waals surface area contributed by atoms with E-state index in [1.165, 1.54) is 0 Å². The van der Waals surface area contributed by atoms with E-state index in [9.17, 15) is 0 Å². The Morgan fingerprint density at radius 2 is 1.90 bits per heavy atom. The molecule has 0 amide bonds.